The molecule has 1 aliphatic heterocycles. The van der Waals surface area contributed by atoms with Gasteiger partial charge in [-0.05, 0) is 18.4 Å². The fourth-order valence-electron chi connectivity index (χ4n) is 3.50. The molecule has 1 N–H and O–H groups in total. The van der Waals surface area contributed by atoms with Crippen molar-refractivity contribution in [3.63, 3.8) is 0 Å². The highest BCUT2D eigenvalue weighted by atomic mass is 19.4. The monoisotopic (exact) mass is 468 g/mol. The van der Waals surface area contributed by atoms with Gasteiger partial charge in [0.15, 0.2) is 17.4 Å². The van der Waals surface area contributed by atoms with Crippen molar-refractivity contribution in [3.05, 3.63) is 29.5 Å². The summed E-state index contributed by atoms with van der Waals surface area (Å²) in [5.74, 6) is -1.19. The Balaban J connectivity index is 1.29. The molecule has 2 amide bonds. The molecular formula is C20H23F3N6O4. The number of hydrogen-bond donors (Lipinski definition) is 1. The van der Waals surface area contributed by atoms with Gasteiger partial charge < -0.3 is 24.3 Å². The van der Waals surface area contributed by atoms with Crippen molar-refractivity contribution in [2.75, 3.05) is 37.6 Å². The number of piperazine rings is 1. The average molecular weight is 468 g/mol. The number of anilines is 1. The highest BCUT2D eigenvalue weighted by Gasteiger charge is 2.42. The number of ether oxygens (including phenoxy) is 1. The van der Waals surface area contributed by atoms with E-state index in [1.54, 1.807) is 6.07 Å². The molecule has 13 heteroatoms. The lowest BCUT2D eigenvalue weighted by atomic mass is 10.2. The number of carbonyl (C=O) groups is 2. The van der Waals surface area contributed by atoms with Gasteiger partial charge in [-0.25, -0.2) is 9.78 Å². The zero-order valence-corrected chi connectivity index (χ0v) is 17.9. The van der Waals surface area contributed by atoms with Crippen LogP contribution in [0.3, 0.4) is 0 Å². The number of carbonyl (C=O) groups excluding carboxylic acids is 2. The van der Waals surface area contributed by atoms with Crippen molar-refractivity contribution in [1.82, 2.24) is 25.4 Å². The van der Waals surface area contributed by atoms with Crippen LogP contribution in [-0.4, -0.2) is 64.8 Å². The second-order valence-electron chi connectivity index (χ2n) is 7.97. The maximum atomic E-state index is 13.1. The summed E-state index contributed by atoms with van der Waals surface area (Å²) in [5, 5.41) is 10.6. The van der Waals surface area contributed by atoms with Crippen LogP contribution in [-0.2, 0) is 6.18 Å². The van der Waals surface area contributed by atoms with Crippen molar-refractivity contribution in [1.29, 1.82) is 0 Å². The van der Waals surface area contributed by atoms with Gasteiger partial charge in [0.25, 0.3) is 5.91 Å². The molecule has 2 fully saturated rings. The Kier molecular flexibility index (Phi) is 6.38. The van der Waals surface area contributed by atoms with Crippen LogP contribution < -0.4 is 15.0 Å². The zero-order chi connectivity index (χ0) is 23.6. The summed E-state index contributed by atoms with van der Waals surface area (Å²) in [6.07, 6.45) is -2.05. The largest absolute Gasteiger partial charge is 0.452 e. The minimum Gasteiger partial charge on any atom is -0.436 e. The summed E-state index contributed by atoms with van der Waals surface area (Å²) in [5.41, 5.74) is -0.731. The number of amides is 2. The Morgan fingerprint density at radius 2 is 1.91 bits per heavy atom. The Morgan fingerprint density at radius 3 is 2.52 bits per heavy atom. The SMILES string of the molecule is Cc1nc(C(=O)N2CCN(c3ccc(OC(=O)NCCC4CC4)nn3)CC2)c(C(F)(F)F)o1. The van der Waals surface area contributed by atoms with E-state index in [4.69, 9.17) is 4.74 Å². The van der Waals surface area contributed by atoms with Crippen molar-refractivity contribution in [3.8, 4) is 5.88 Å². The molecule has 3 heterocycles. The van der Waals surface area contributed by atoms with Gasteiger partial charge in [-0.1, -0.05) is 12.8 Å². The van der Waals surface area contributed by atoms with Crippen LogP contribution in [0.4, 0.5) is 23.8 Å². The van der Waals surface area contributed by atoms with Gasteiger partial charge in [-0.15, -0.1) is 10.2 Å². The van der Waals surface area contributed by atoms with E-state index >= 15 is 0 Å². The van der Waals surface area contributed by atoms with Gasteiger partial charge >= 0.3 is 12.3 Å². The smallest absolute Gasteiger partial charge is 0.436 e. The first kappa shape index (κ1) is 22.8. The molecule has 0 spiro atoms. The van der Waals surface area contributed by atoms with E-state index in [9.17, 15) is 22.8 Å². The fourth-order valence-corrected chi connectivity index (χ4v) is 3.50. The zero-order valence-electron chi connectivity index (χ0n) is 17.9. The van der Waals surface area contributed by atoms with E-state index in [-0.39, 0.29) is 24.9 Å². The second kappa shape index (κ2) is 9.24. The second-order valence-corrected chi connectivity index (χ2v) is 7.97. The van der Waals surface area contributed by atoms with Crippen molar-refractivity contribution in [2.45, 2.75) is 32.4 Å². The molecule has 0 aromatic carbocycles. The number of rotatable bonds is 6. The Bertz CT molecular complexity index is 998. The molecule has 0 unspecified atom stereocenters. The standard InChI is InChI=1S/C20H23F3N6O4/c1-12-25-16(17(32-12)20(21,22)23)18(30)29-10-8-28(9-11-29)14-4-5-15(27-26-14)33-19(31)24-7-6-13-2-3-13/h4-5,13H,2-3,6-11H2,1H3,(H,24,31). The lowest BCUT2D eigenvalue weighted by Gasteiger charge is -2.34. The van der Waals surface area contributed by atoms with E-state index in [0.29, 0.717) is 31.4 Å². The Hall–Kier alpha value is -3.38. The van der Waals surface area contributed by atoms with Gasteiger partial charge in [0.05, 0.1) is 0 Å². The first-order valence-corrected chi connectivity index (χ1v) is 10.6. The normalized spacial score (nSPS) is 16.6. The summed E-state index contributed by atoms with van der Waals surface area (Å²) in [6.45, 7) is 2.82. The Labute approximate surface area is 187 Å². The molecule has 2 aromatic rings. The number of aromatic nitrogens is 3. The van der Waals surface area contributed by atoms with Crippen LogP contribution in [0, 0.1) is 12.8 Å². The summed E-state index contributed by atoms with van der Waals surface area (Å²) < 4.78 is 49.0. The number of halogens is 3. The number of alkyl halides is 3. The van der Waals surface area contributed by atoms with Crippen LogP contribution in [0.5, 0.6) is 5.88 Å². The number of hydrogen-bond acceptors (Lipinski definition) is 8. The first-order chi connectivity index (χ1) is 15.7. The third kappa shape index (κ3) is 5.71. The van der Waals surface area contributed by atoms with Crippen molar-refractivity contribution in [2.24, 2.45) is 5.92 Å². The summed E-state index contributed by atoms with van der Waals surface area (Å²) >= 11 is 0. The molecule has 2 aromatic heterocycles. The molecule has 0 atom stereocenters. The van der Waals surface area contributed by atoms with Gasteiger partial charge in [0.2, 0.25) is 11.6 Å². The molecule has 0 bridgehead atoms. The molecule has 0 radical (unpaired) electrons. The molecular weight excluding hydrogens is 445 g/mol. The summed E-state index contributed by atoms with van der Waals surface area (Å²) in [7, 11) is 0. The minimum atomic E-state index is -4.80. The van der Waals surface area contributed by atoms with Crippen LogP contribution >= 0.6 is 0 Å². The molecule has 1 saturated carbocycles. The quantitative estimate of drug-likeness (QED) is 0.689. The van der Waals surface area contributed by atoms with E-state index in [1.807, 2.05) is 4.90 Å². The number of oxazole rings is 1. The highest BCUT2D eigenvalue weighted by molar-refractivity contribution is 5.93. The third-order valence-corrected chi connectivity index (χ3v) is 5.43. The van der Waals surface area contributed by atoms with E-state index in [2.05, 4.69) is 24.9 Å². The lowest BCUT2D eigenvalue weighted by molar-refractivity contribution is -0.153. The fraction of sp³-hybridized carbons (Fsp3) is 0.550. The van der Waals surface area contributed by atoms with Crippen LogP contribution in [0.25, 0.3) is 0 Å². The third-order valence-electron chi connectivity index (χ3n) is 5.43. The first-order valence-electron chi connectivity index (χ1n) is 10.6. The average Bonchev–Trinajstić information content (AvgIpc) is 3.51. The van der Waals surface area contributed by atoms with Crippen LogP contribution in [0.1, 0.15) is 41.4 Å². The number of aryl methyl sites for hydroxylation is 1. The molecule has 2 aliphatic rings. The number of nitrogens with one attached hydrogen (secondary N) is 1. The lowest BCUT2D eigenvalue weighted by Crippen LogP contribution is -2.49. The van der Waals surface area contributed by atoms with Crippen molar-refractivity contribution < 1.29 is 31.9 Å². The topological polar surface area (TPSA) is 114 Å². The van der Waals surface area contributed by atoms with Gasteiger partial charge in [-0.3, -0.25) is 4.79 Å². The molecule has 33 heavy (non-hydrogen) atoms. The predicted octanol–water partition coefficient (Wildman–Crippen LogP) is 2.64. The van der Waals surface area contributed by atoms with E-state index < -0.39 is 29.6 Å². The van der Waals surface area contributed by atoms with E-state index in [1.165, 1.54) is 30.7 Å². The maximum absolute atomic E-state index is 13.1. The molecule has 178 valence electrons. The Morgan fingerprint density at radius 1 is 1.18 bits per heavy atom. The number of nitrogens with zero attached hydrogens (tertiary/aromatic N) is 5. The predicted molar refractivity (Wildman–Crippen MR) is 108 cm³/mol. The van der Waals surface area contributed by atoms with Gasteiger partial charge in [0.1, 0.15) is 0 Å². The van der Waals surface area contributed by atoms with E-state index in [0.717, 1.165) is 6.42 Å². The maximum Gasteiger partial charge on any atom is 0.452 e. The molecule has 4 rings (SSSR count). The van der Waals surface area contributed by atoms with Gasteiger partial charge in [-0.2, -0.15) is 13.2 Å². The van der Waals surface area contributed by atoms with Gasteiger partial charge in [0, 0.05) is 45.7 Å². The molecule has 1 saturated heterocycles. The van der Waals surface area contributed by atoms with Crippen molar-refractivity contribution >= 4 is 17.8 Å². The van der Waals surface area contributed by atoms with Crippen LogP contribution in [0.15, 0.2) is 16.5 Å². The minimum absolute atomic E-state index is 0.0533. The highest BCUT2D eigenvalue weighted by Crippen LogP contribution is 2.33. The molecule has 10 nitrogen and oxygen atoms in total. The summed E-state index contributed by atoms with van der Waals surface area (Å²) in [4.78, 5) is 31.1. The summed E-state index contributed by atoms with van der Waals surface area (Å²) in [6, 6.07) is 3.13. The molecule has 1 aliphatic carbocycles. The van der Waals surface area contributed by atoms with Crippen LogP contribution in [0.2, 0.25) is 0 Å².